The summed E-state index contributed by atoms with van der Waals surface area (Å²) in [6.45, 7) is 2.91. The summed E-state index contributed by atoms with van der Waals surface area (Å²) in [5.41, 5.74) is 1.02. The van der Waals surface area contributed by atoms with Crippen LogP contribution in [0.15, 0.2) is 47.4 Å². The molecule has 1 aliphatic rings. The van der Waals surface area contributed by atoms with E-state index in [0.29, 0.717) is 54.9 Å². The number of benzene rings is 2. The van der Waals surface area contributed by atoms with Crippen molar-refractivity contribution >= 4 is 22.0 Å². The second-order valence-corrected chi connectivity index (χ2v) is 9.08. The SMILES string of the molecule is COc1cc(CN2CCN(S(=O)(=O)c3ccccc3)CC2)cc(OC)c1OC.O=C(O)C(=O)O. The average Bonchev–Trinajstić information content (AvgIpc) is 2.84. The zero-order chi connectivity index (χ0) is 25.3. The quantitative estimate of drug-likeness (QED) is 0.540. The first-order chi connectivity index (χ1) is 16.1. The number of piperazine rings is 1. The lowest BCUT2D eigenvalue weighted by Gasteiger charge is -2.34. The lowest BCUT2D eigenvalue weighted by Crippen LogP contribution is -2.48. The zero-order valence-electron chi connectivity index (χ0n) is 19.1. The van der Waals surface area contributed by atoms with E-state index in [1.807, 2.05) is 18.2 Å². The molecule has 34 heavy (non-hydrogen) atoms. The van der Waals surface area contributed by atoms with Gasteiger partial charge in [-0.05, 0) is 29.8 Å². The molecule has 186 valence electrons. The van der Waals surface area contributed by atoms with E-state index in [-0.39, 0.29) is 0 Å². The largest absolute Gasteiger partial charge is 0.493 e. The Kier molecular flexibility index (Phi) is 9.66. The molecule has 3 rings (SSSR count). The standard InChI is InChI=1S/C20H26N2O5S.C2H2O4/c1-25-18-13-16(14-19(26-2)20(18)27-3)15-21-9-11-22(12-10-21)28(23,24)17-7-5-4-6-8-17;3-1(4)2(5)6/h4-8,13-14H,9-12,15H2,1-3H3;(H,3,4)(H,5,6). The van der Waals surface area contributed by atoms with Gasteiger partial charge in [-0.1, -0.05) is 18.2 Å². The Balaban J connectivity index is 0.000000604. The van der Waals surface area contributed by atoms with Crippen molar-refractivity contribution in [2.24, 2.45) is 0 Å². The van der Waals surface area contributed by atoms with E-state index >= 15 is 0 Å². The van der Waals surface area contributed by atoms with E-state index in [9.17, 15) is 8.42 Å². The summed E-state index contributed by atoms with van der Waals surface area (Å²) in [7, 11) is 1.32. The summed E-state index contributed by atoms with van der Waals surface area (Å²) in [6.07, 6.45) is 0. The molecule has 2 N–H and O–H groups in total. The lowest BCUT2D eigenvalue weighted by molar-refractivity contribution is -0.159. The number of methoxy groups -OCH3 is 3. The van der Waals surface area contributed by atoms with Gasteiger partial charge < -0.3 is 24.4 Å². The van der Waals surface area contributed by atoms with Crippen LogP contribution in [0.4, 0.5) is 0 Å². The Bertz CT molecular complexity index is 1050. The van der Waals surface area contributed by atoms with Crippen molar-refractivity contribution in [1.29, 1.82) is 0 Å². The third-order valence-electron chi connectivity index (χ3n) is 5.03. The number of hydrogen-bond donors (Lipinski definition) is 2. The van der Waals surface area contributed by atoms with E-state index in [2.05, 4.69) is 4.90 Å². The number of carboxylic acids is 2. The number of carboxylic acid groups (broad SMARTS) is 2. The molecule has 1 heterocycles. The molecule has 0 amide bonds. The van der Waals surface area contributed by atoms with Gasteiger partial charge in [0.1, 0.15) is 0 Å². The lowest BCUT2D eigenvalue weighted by atomic mass is 10.1. The minimum absolute atomic E-state index is 0.341. The molecule has 2 aromatic carbocycles. The van der Waals surface area contributed by atoms with Gasteiger partial charge in [-0.25, -0.2) is 18.0 Å². The highest BCUT2D eigenvalue weighted by atomic mass is 32.2. The highest BCUT2D eigenvalue weighted by Crippen LogP contribution is 2.38. The number of nitrogens with zero attached hydrogens (tertiary/aromatic N) is 2. The summed E-state index contributed by atoms with van der Waals surface area (Å²) in [5, 5.41) is 14.8. The molecule has 1 aliphatic heterocycles. The van der Waals surface area contributed by atoms with Crippen LogP contribution in [-0.4, -0.2) is 87.3 Å². The normalized spacial score (nSPS) is 14.4. The molecular weight excluding hydrogens is 468 g/mol. The third-order valence-corrected chi connectivity index (χ3v) is 6.94. The first-order valence-corrected chi connectivity index (χ1v) is 11.6. The molecule has 0 radical (unpaired) electrons. The number of ether oxygens (including phenoxy) is 3. The molecule has 11 nitrogen and oxygen atoms in total. The fourth-order valence-corrected chi connectivity index (χ4v) is 4.80. The Morgan fingerprint density at radius 2 is 1.35 bits per heavy atom. The summed E-state index contributed by atoms with van der Waals surface area (Å²) in [4.78, 5) is 20.8. The summed E-state index contributed by atoms with van der Waals surface area (Å²) in [5.74, 6) is -1.86. The van der Waals surface area contributed by atoms with Gasteiger partial charge in [0.05, 0.1) is 26.2 Å². The molecule has 0 saturated carbocycles. The van der Waals surface area contributed by atoms with Gasteiger partial charge in [0.25, 0.3) is 0 Å². The van der Waals surface area contributed by atoms with Gasteiger partial charge in [0, 0.05) is 32.7 Å². The van der Waals surface area contributed by atoms with Gasteiger partial charge >= 0.3 is 11.9 Å². The molecule has 0 aliphatic carbocycles. The van der Waals surface area contributed by atoms with Crippen LogP contribution in [0.3, 0.4) is 0 Å². The predicted molar refractivity (Wildman–Crippen MR) is 122 cm³/mol. The fraction of sp³-hybridized carbons (Fsp3) is 0.364. The Morgan fingerprint density at radius 3 is 1.76 bits per heavy atom. The first kappa shape index (κ1) is 26.9. The summed E-state index contributed by atoms with van der Waals surface area (Å²) in [6, 6.07) is 12.4. The van der Waals surface area contributed by atoms with Crippen LogP contribution in [0.5, 0.6) is 17.2 Å². The topological polar surface area (TPSA) is 143 Å². The fourth-order valence-electron chi connectivity index (χ4n) is 3.35. The number of rotatable bonds is 7. The molecule has 2 aromatic rings. The number of sulfonamides is 1. The van der Waals surface area contributed by atoms with Gasteiger partial charge in [0.15, 0.2) is 11.5 Å². The molecule has 0 aromatic heterocycles. The van der Waals surface area contributed by atoms with Crippen molar-refractivity contribution in [3.8, 4) is 17.2 Å². The molecule has 0 spiro atoms. The zero-order valence-corrected chi connectivity index (χ0v) is 19.9. The van der Waals surface area contributed by atoms with E-state index in [0.717, 1.165) is 5.56 Å². The van der Waals surface area contributed by atoms with Crippen molar-refractivity contribution in [3.63, 3.8) is 0 Å². The Labute approximate surface area is 198 Å². The van der Waals surface area contributed by atoms with Crippen molar-refractivity contribution in [2.75, 3.05) is 47.5 Å². The van der Waals surface area contributed by atoms with Crippen molar-refractivity contribution in [1.82, 2.24) is 9.21 Å². The number of carbonyl (C=O) groups is 2. The molecule has 0 unspecified atom stereocenters. The maximum absolute atomic E-state index is 12.8. The molecule has 1 saturated heterocycles. The van der Waals surface area contributed by atoms with Gasteiger partial charge in [-0.3, -0.25) is 4.90 Å². The van der Waals surface area contributed by atoms with Crippen LogP contribution in [0.25, 0.3) is 0 Å². The minimum Gasteiger partial charge on any atom is -0.493 e. The minimum atomic E-state index is -3.44. The highest BCUT2D eigenvalue weighted by molar-refractivity contribution is 7.89. The molecule has 0 atom stereocenters. The van der Waals surface area contributed by atoms with Gasteiger partial charge in [-0.15, -0.1) is 0 Å². The molecule has 12 heteroatoms. The van der Waals surface area contributed by atoms with Crippen LogP contribution in [0.1, 0.15) is 5.56 Å². The third kappa shape index (κ3) is 6.83. The number of hydrogen-bond acceptors (Lipinski definition) is 8. The molecule has 1 fully saturated rings. The van der Waals surface area contributed by atoms with Crippen LogP contribution in [0.2, 0.25) is 0 Å². The van der Waals surface area contributed by atoms with Crippen LogP contribution >= 0.6 is 0 Å². The van der Waals surface area contributed by atoms with Crippen molar-refractivity contribution in [2.45, 2.75) is 11.4 Å². The van der Waals surface area contributed by atoms with E-state index < -0.39 is 22.0 Å². The van der Waals surface area contributed by atoms with Crippen LogP contribution in [0, 0.1) is 0 Å². The van der Waals surface area contributed by atoms with Gasteiger partial charge in [0.2, 0.25) is 15.8 Å². The van der Waals surface area contributed by atoms with E-state index in [1.54, 1.807) is 49.9 Å². The summed E-state index contributed by atoms with van der Waals surface area (Å²) < 4.78 is 43.2. The summed E-state index contributed by atoms with van der Waals surface area (Å²) >= 11 is 0. The number of aliphatic carboxylic acids is 2. The first-order valence-electron chi connectivity index (χ1n) is 10.2. The smallest absolute Gasteiger partial charge is 0.414 e. The maximum atomic E-state index is 12.8. The Hall–Kier alpha value is -3.35. The van der Waals surface area contributed by atoms with Gasteiger partial charge in [-0.2, -0.15) is 4.31 Å². The predicted octanol–water partition coefficient (Wildman–Crippen LogP) is 1.37. The molecular formula is C22H28N2O9S. The van der Waals surface area contributed by atoms with Crippen LogP contribution in [-0.2, 0) is 26.2 Å². The van der Waals surface area contributed by atoms with E-state index in [4.69, 9.17) is 34.0 Å². The molecule has 0 bridgehead atoms. The Morgan fingerprint density at radius 1 is 0.853 bits per heavy atom. The van der Waals surface area contributed by atoms with Crippen LogP contribution < -0.4 is 14.2 Å². The highest BCUT2D eigenvalue weighted by Gasteiger charge is 2.28. The average molecular weight is 497 g/mol. The van der Waals surface area contributed by atoms with Crippen molar-refractivity contribution < 1.29 is 42.4 Å². The second kappa shape index (κ2) is 12.2. The van der Waals surface area contributed by atoms with Crippen molar-refractivity contribution in [3.05, 3.63) is 48.0 Å². The van der Waals surface area contributed by atoms with E-state index in [1.165, 1.54) is 0 Å². The monoisotopic (exact) mass is 496 g/mol. The maximum Gasteiger partial charge on any atom is 0.414 e. The second-order valence-electron chi connectivity index (χ2n) is 7.14.